The Morgan fingerprint density at radius 1 is 1.10 bits per heavy atom. The van der Waals surface area contributed by atoms with Gasteiger partial charge in [-0.05, 0) is 61.4 Å². The number of anilines is 1. The van der Waals surface area contributed by atoms with E-state index in [1.54, 1.807) is 18.2 Å². The minimum Gasteiger partial charge on any atom is -0.493 e. The lowest BCUT2D eigenvalue weighted by Gasteiger charge is -2.33. The molecule has 6 nitrogen and oxygen atoms in total. The number of hydrogen-bond acceptors (Lipinski definition) is 5. The number of nitrogens with two attached hydrogens (primary N) is 1. The molecule has 1 heterocycles. The molecule has 1 fully saturated rings. The first-order valence-corrected chi connectivity index (χ1v) is 11.0. The Morgan fingerprint density at radius 3 is 2.45 bits per heavy atom. The third-order valence-electron chi connectivity index (χ3n) is 6.00. The fraction of sp³-hybridized carbons (Fsp3) is 0.440. The van der Waals surface area contributed by atoms with Crippen molar-refractivity contribution in [3.05, 3.63) is 59.2 Å². The Morgan fingerprint density at radius 2 is 1.81 bits per heavy atom. The zero-order valence-electron chi connectivity index (χ0n) is 18.6. The molecule has 2 atom stereocenters. The van der Waals surface area contributed by atoms with Gasteiger partial charge in [0.25, 0.3) is 0 Å². The number of hydrogen-bond donors (Lipinski definition) is 1. The summed E-state index contributed by atoms with van der Waals surface area (Å²) in [6.07, 6.45) is 3.61. The number of amides is 1. The molecule has 6 heteroatoms. The lowest BCUT2D eigenvalue weighted by atomic mass is 9.81. The summed E-state index contributed by atoms with van der Waals surface area (Å²) in [5, 5.41) is 0. The fourth-order valence-electron chi connectivity index (χ4n) is 4.46. The van der Waals surface area contributed by atoms with Gasteiger partial charge >= 0.3 is 5.97 Å². The summed E-state index contributed by atoms with van der Waals surface area (Å²) in [5.41, 5.74) is 9.22. The quantitative estimate of drug-likeness (QED) is 0.641. The number of benzene rings is 2. The van der Waals surface area contributed by atoms with Crippen LogP contribution in [-0.4, -0.2) is 38.7 Å². The van der Waals surface area contributed by atoms with Crippen molar-refractivity contribution in [2.75, 3.05) is 31.7 Å². The highest BCUT2D eigenvalue weighted by Gasteiger charge is 2.30. The normalized spacial score (nSPS) is 15.8. The second-order valence-corrected chi connectivity index (χ2v) is 7.96. The molecule has 0 aromatic heterocycles. The molecule has 31 heavy (non-hydrogen) atoms. The molecule has 0 saturated carbocycles. The number of rotatable bonds is 8. The molecule has 2 unspecified atom stereocenters. The van der Waals surface area contributed by atoms with Gasteiger partial charge in [-0.15, -0.1) is 0 Å². The summed E-state index contributed by atoms with van der Waals surface area (Å²) in [6.45, 7) is 6.31. The molecule has 0 spiro atoms. The van der Waals surface area contributed by atoms with Gasteiger partial charge in [-0.3, -0.25) is 4.79 Å². The van der Waals surface area contributed by atoms with E-state index in [2.05, 4.69) is 17.0 Å². The van der Waals surface area contributed by atoms with Crippen molar-refractivity contribution >= 4 is 17.6 Å². The van der Waals surface area contributed by atoms with E-state index in [1.807, 2.05) is 26.0 Å². The SMILES string of the molecule is CCOc1cc(C(C(N)=O)C(C)c2ccccc2N2CCCCC2)ccc1C(=O)OC. The van der Waals surface area contributed by atoms with Crippen LogP contribution in [0.25, 0.3) is 0 Å². The van der Waals surface area contributed by atoms with Crippen molar-refractivity contribution in [3.63, 3.8) is 0 Å². The lowest BCUT2D eigenvalue weighted by molar-refractivity contribution is -0.119. The molecule has 166 valence electrons. The number of primary amides is 1. The average Bonchev–Trinajstić information content (AvgIpc) is 2.79. The van der Waals surface area contributed by atoms with E-state index >= 15 is 0 Å². The number of piperidine rings is 1. The van der Waals surface area contributed by atoms with Gasteiger partial charge in [-0.25, -0.2) is 4.79 Å². The van der Waals surface area contributed by atoms with Crippen LogP contribution < -0.4 is 15.4 Å². The van der Waals surface area contributed by atoms with Crippen LogP contribution in [0.1, 0.15) is 66.4 Å². The Balaban J connectivity index is 2.01. The zero-order valence-corrected chi connectivity index (χ0v) is 18.6. The second-order valence-electron chi connectivity index (χ2n) is 7.96. The molecule has 2 aromatic rings. The Labute approximate surface area is 184 Å². The largest absolute Gasteiger partial charge is 0.493 e. The van der Waals surface area contributed by atoms with E-state index in [0.717, 1.165) is 29.9 Å². The molecule has 0 bridgehead atoms. The van der Waals surface area contributed by atoms with Gasteiger partial charge in [0, 0.05) is 18.8 Å². The van der Waals surface area contributed by atoms with E-state index in [-0.39, 0.29) is 5.92 Å². The molecule has 1 aliphatic rings. The predicted molar refractivity (Wildman–Crippen MR) is 122 cm³/mol. The molecule has 1 amide bonds. The van der Waals surface area contributed by atoms with Gasteiger partial charge in [0.05, 0.1) is 19.6 Å². The third kappa shape index (κ3) is 5.01. The standard InChI is InChI=1S/C25H32N2O4/c1-4-31-22-16-18(12-13-20(22)25(29)30-3)23(24(26)28)17(2)19-10-6-7-11-21(19)27-14-8-5-9-15-27/h6-7,10-13,16-17,23H,4-5,8-9,14-15H2,1-3H3,(H2,26,28). The first kappa shape index (κ1) is 22.7. The minimum absolute atomic E-state index is 0.144. The predicted octanol–water partition coefficient (Wildman–Crippen LogP) is 4.23. The molecule has 1 saturated heterocycles. The highest BCUT2D eigenvalue weighted by molar-refractivity contribution is 5.93. The van der Waals surface area contributed by atoms with Crippen LogP contribution >= 0.6 is 0 Å². The zero-order chi connectivity index (χ0) is 22.4. The van der Waals surface area contributed by atoms with Crippen LogP contribution in [0.15, 0.2) is 42.5 Å². The molecule has 1 aliphatic heterocycles. The first-order valence-electron chi connectivity index (χ1n) is 11.0. The van der Waals surface area contributed by atoms with Gasteiger partial charge < -0.3 is 20.1 Å². The Kier molecular flexibility index (Phi) is 7.55. The number of methoxy groups -OCH3 is 1. The monoisotopic (exact) mass is 424 g/mol. The number of carbonyl (C=O) groups is 2. The Hall–Kier alpha value is -3.02. The van der Waals surface area contributed by atoms with Crippen LogP contribution in [0.3, 0.4) is 0 Å². The molecule has 2 N–H and O–H groups in total. The van der Waals surface area contributed by atoms with Crippen molar-refractivity contribution in [1.29, 1.82) is 0 Å². The highest BCUT2D eigenvalue weighted by Crippen LogP contribution is 2.39. The topological polar surface area (TPSA) is 81.9 Å². The van der Waals surface area contributed by atoms with Crippen LogP contribution in [0.2, 0.25) is 0 Å². The number of esters is 1. The van der Waals surface area contributed by atoms with Crippen molar-refractivity contribution in [2.24, 2.45) is 5.73 Å². The Bertz CT molecular complexity index is 921. The van der Waals surface area contributed by atoms with Gasteiger partial charge in [-0.1, -0.05) is 31.2 Å². The molecule has 0 aliphatic carbocycles. The number of ether oxygens (including phenoxy) is 2. The maximum Gasteiger partial charge on any atom is 0.341 e. The average molecular weight is 425 g/mol. The molecular weight excluding hydrogens is 392 g/mol. The third-order valence-corrected chi connectivity index (χ3v) is 6.00. The smallest absolute Gasteiger partial charge is 0.341 e. The summed E-state index contributed by atoms with van der Waals surface area (Å²) in [7, 11) is 1.33. The van der Waals surface area contributed by atoms with Crippen LogP contribution in [0.4, 0.5) is 5.69 Å². The van der Waals surface area contributed by atoms with Crippen molar-refractivity contribution in [1.82, 2.24) is 0 Å². The van der Waals surface area contributed by atoms with E-state index < -0.39 is 17.8 Å². The lowest BCUT2D eigenvalue weighted by Crippen LogP contribution is -2.32. The summed E-state index contributed by atoms with van der Waals surface area (Å²) in [5.74, 6) is -1.19. The second kappa shape index (κ2) is 10.3. The summed E-state index contributed by atoms with van der Waals surface area (Å²) < 4.78 is 10.5. The highest BCUT2D eigenvalue weighted by atomic mass is 16.5. The van der Waals surface area contributed by atoms with E-state index in [0.29, 0.717) is 17.9 Å². The molecule has 0 radical (unpaired) electrons. The van der Waals surface area contributed by atoms with Crippen LogP contribution in [-0.2, 0) is 9.53 Å². The van der Waals surface area contributed by atoms with Crippen LogP contribution in [0.5, 0.6) is 5.75 Å². The van der Waals surface area contributed by atoms with Gasteiger partial charge in [0.15, 0.2) is 0 Å². The van der Waals surface area contributed by atoms with Crippen molar-refractivity contribution in [3.8, 4) is 5.75 Å². The summed E-state index contributed by atoms with van der Waals surface area (Å²) >= 11 is 0. The number of para-hydroxylation sites is 1. The number of carbonyl (C=O) groups excluding carboxylic acids is 2. The summed E-state index contributed by atoms with van der Waals surface area (Å²) in [4.78, 5) is 27.1. The maximum atomic E-state index is 12.6. The van der Waals surface area contributed by atoms with Crippen LogP contribution in [0, 0.1) is 0 Å². The van der Waals surface area contributed by atoms with E-state index in [1.165, 1.54) is 26.4 Å². The molecular formula is C25H32N2O4. The fourth-order valence-corrected chi connectivity index (χ4v) is 4.46. The minimum atomic E-state index is -0.558. The molecule has 2 aromatic carbocycles. The van der Waals surface area contributed by atoms with Crippen molar-refractivity contribution in [2.45, 2.75) is 44.9 Å². The van der Waals surface area contributed by atoms with Crippen molar-refractivity contribution < 1.29 is 19.1 Å². The van der Waals surface area contributed by atoms with Gasteiger partial charge in [-0.2, -0.15) is 0 Å². The first-order chi connectivity index (χ1) is 15.0. The van der Waals surface area contributed by atoms with E-state index in [9.17, 15) is 9.59 Å². The number of nitrogens with zero attached hydrogens (tertiary/aromatic N) is 1. The van der Waals surface area contributed by atoms with Gasteiger partial charge in [0.1, 0.15) is 11.3 Å². The maximum absolute atomic E-state index is 12.6. The van der Waals surface area contributed by atoms with Gasteiger partial charge in [0.2, 0.25) is 5.91 Å². The summed E-state index contributed by atoms with van der Waals surface area (Å²) in [6, 6.07) is 13.4. The van der Waals surface area contributed by atoms with E-state index in [4.69, 9.17) is 15.2 Å². The molecule has 3 rings (SSSR count).